The molecule has 1 nitrogen and oxygen atoms in total. The minimum atomic E-state index is -11.4. The van der Waals surface area contributed by atoms with Crippen molar-refractivity contribution in [1.82, 2.24) is 0 Å². The molecule has 0 aliphatic heterocycles. The van der Waals surface area contributed by atoms with Crippen LogP contribution < -0.4 is 0 Å². The number of nitrogens with zero attached hydrogens (tertiary/aromatic N) is 1. The Hall–Kier alpha value is -1.08. The Balaban J connectivity index is 7.57. The van der Waals surface area contributed by atoms with Crippen LogP contribution in [0.5, 0.6) is 0 Å². The standard InChI is InChI=1S/C6F18NSi/c7-1(8,9)3(13,14)25(23,24)26(5(17,18)19,6(20,21)22)4(15,16)2(10,11)12/q+1. The SMILES string of the molecule is FC(F)(F)C(F)(F)[N+](F)(F)[Si](C(F)(F)F)(C(F)(F)F)C(F)(F)C(F)(F)F. The summed E-state index contributed by atoms with van der Waals surface area (Å²) in [5.41, 5.74) is -8.74. The van der Waals surface area contributed by atoms with Gasteiger partial charge < -0.3 is 0 Å². The number of hydrogen-bond acceptors (Lipinski definition) is 0. The minimum absolute atomic E-state index is 8.05. The Morgan fingerprint density at radius 2 is 0.731 bits per heavy atom. The van der Waals surface area contributed by atoms with E-state index in [1.54, 1.807) is 0 Å². The highest BCUT2D eigenvalue weighted by Gasteiger charge is 3.11. The fourth-order valence-electron chi connectivity index (χ4n) is 1.59. The molecule has 0 aromatic rings. The first-order valence-electron chi connectivity index (χ1n) is 5.06. The van der Waals surface area contributed by atoms with Gasteiger partial charge in [-0.1, -0.05) is 0 Å². The molecule has 0 fully saturated rings. The fraction of sp³-hybridized carbons (Fsp3) is 1.00. The van der Waals surface area contributed by atoms with Crippen LogP contribution in [0.15, 0.2) is 0 Å². The number of halogens is 18. The summed E-state index contributed by atoms with van der Waals surface area (Å²) in [6.07, 6.45) is -16.3. The van der Waals surface area contributed by atoms with E-state index >= 15 is 0 Å². The van der Waals surface area contributed by atoms with Gasteiger partial charge in [0.2, 0.25) is 0 Å². The quantitative estimate of drug-likeness (QED) is 0.224. The van der Waals surface area contributed by atoms with Crippen LogP contribution in [0, 0.1) is 0 Å². The van der Waals surface area contributed by atoms with Gasteiger partial charge >= 0.3 is 43.8 Å². The first-order valence-corrected chi connectivity index (χ1v) is 7.01. The van der Waals surface area contributed by atoms with Gasteiger partial charge in [0.15, 0.2) is 0 Å². The average Bonchev–Trinajstić information content (AvgIpc) is 2.19. The smallest absolute Gasteiger partial charge is 0.192 e. The van der Waals surface area contributed by atoms with E-state index in [-0.39, 0.29) is 0 Å². The van der Waals surface area contributed by atoms with Crippen molar-refractivity contribution in [2.45, 2.75) is 35.5 Å². The van der Waals surface area contributed by atoms with E-state index in [4.69, 9.17) is 0 Å². The summed E-state index contributed by atoms with van der Waals surface area (Å²) in [4.78, 5) is 0. The van der Waals surface area contributed by atoms with Crippen molar-refractivity contribution in [3.05, 3.63) is 0 Å². The van der Waals surface area contributed by atoms with E-state index in [1.807, 2.05) is 0 Å². The molecule has 20 heteroatoms. The average molecular weight is 456 g/mol. The second kappa shape index (κ2) is 5.71. The molecule has 0 radical (unpaired) electrons. The Morgan fingerprint density at radius 3 is 0.885 bits per heavy atom. The summed E-state index contributed by atoms with van der Waals surface area (Å²) < 4.78 is 216. The minimum Gasteiger partial charge on any atom is -0.192 e. The molecule has 0 spiro atoms. The highest BCUT2D eigenvalue weighted by molar-refractivity contribution is 6.79. The zero-order valence-corrected chi connectivity index (χ0v) is 11.8. The van der Waals surface area contributed by atoms with Crippen LogP contribution in [-0.2, 0) is 0 Å². The summed E-state index contributed by atoms with van der Waals surface area (Å²) in [6, 6.07) is -8.60. The van der Waals surface area contributed by atoms with Crippen molar-refractivity contribution < 1.29 is 83.8 Å². The van der Waals surface area contributed by atoms with Crippen LogP contribution in [-0.4, -0.2) is 48.4 Å². The topological polar surface area (TPSA) is 0 Å². The second-order valence-corrected chi connectivity index (χ2v) is 8.08. The molecule has 0 unspecified atom stereocenters. The Kier molecular flexibility index (Phi) is 5.47. The lowest BCUT2D eigenvalue weighted by Crippen LogP contribution is -2.90. The number of rotatable bonds is 3. The number of hydrogen-bond donors (Lipinski definition) is 0. The third-order valence-corrected chi connectivity index (χ3v) is 6.70. The van der Waals surface area contributed by atoms with Crippen molar-refractivity contribution in [1.29, 1.82) is 0 Å². The van der Waals surface area contributed by atoms with Crippen LogP contribution in [0.1, 0.15) is 0 Å². The molecule has 26 heavy (non-hydrogen) atoms. The van der Waals surface area contributed by atoms with Gasteiger partial charge in [-0.3, -0.25) is 0 Å². The maximum Gasteiger partial charge on any atom is 0.670 e. The van der Waals surface area contributed by atoms with Crippen molar-refractivity contribution in [2.75, 3.05) is 0 Å². The molecular formula is C6F18NSi+. The Labute approximate surface area is 129 Å². The normalized spacial score (nSPS) is 16.8. The van der Waals surface area contributed by atoms with E-state index in [0.29, 0.717) is 0 Å². The van der Waals surface area contributed by atoms with Gasteiger partial charge in [0.1, 0.15) is 0 Å². The van der Waals surface area contributed by atoms with Crippen LogP contribution >= 0.6 is 0 Å². The summed E-state index contributed by atoms with van der Waals surface area (Å²) in [5.74, 6) is -17.1. The highest BCUT2D eigenvalue weighted by atomic mass is 28.3. The molecule has 0 aliphatic carbocycles. The van der Waals surface area contributed by atoms with Gasteiger partial charge in [-0.25, -0.2) is 0 Å². The fourth-order valence-corrected chi connectivity index (χ4v) is 4.57. The predicted molar refractivity (Wildman–Crippen MR) is 42.3 cm³/mol. The van der Waals surface area contributed by atoms with Crippen LogP contribution in [0.4, 0.5) is 79.2 Å². The molecule has 0 aromatic heterocycles. The van der Waals surface area contributed by atoms with E-state index in [9.17, 15) is 79.2 Å². The third kappa shape index (κ3) is 2.87. The van der Waals surface area contributed by atoms with Crippen molar-refractivity contribution in [3.63, 3.8) is 0 Å². The van der Waals surface area contributed by atoms with E-state index in [0.717, 1.165) is 0 Å². The molecule has 0 heterocycles. The molecule has 0 amide bonds. The van der Waals surface area contributed by atoms with E-state index < -0.39 is 48.4 Å². The highest BCUT2D eigenvalue weighted by Crippen LogP contribution is 2.63. The summed E-state index contributed by atoms with van der Waals surface area (Å²) in [7, 11) is -11.4. The monoisotopic (exact) mass is 456 g/mol. The largest absolute Gasteiger partial charge is 0.670 e. The molecule has 0 bridgehead atoms. The van der Waals surface area contributed by atoms with E-state index in [2.05, 4.69) is 0 Å². The van der Waals surface area contributed by atoms with Crippen LogP contribution in [0.2, 0.25) is 0 Å². The number of alkyl halides is 16. The molecule has 0 aliphatic rings. The lowest BCUT2D eigenvalue weighted by Gasteiger charge is -2.41. The zero-order chi connectivity index (χ0) is 22.0. The van der Waals surface area contributed by atoms with Crippen molar-refractivity contribution in [2.24, 2.45) is 0 Å². The van der Waals surface area contributed by atoms with E-state index in [1.165, 1.54) is 0 Å². The Morgan fingerprint density at radius 1 is 0.462 bits per heavy atom. The lowest BCUT2D eigenvalue weighted by atomic mass is 10.6. The lowest BCUT2D eigenvalue weighted by molar-refractivity contribution is -1.17. The van der Waals surface area contributed by atoms with Crippen molar-refractivity contribution >= 4 is 8.24 Å². The summed E-state index contributed by atoms with van der Waals surface area (Å²) in [6.45, 7) is 0. The molecule has 0 N–H and O–H groups in total. The molecule has 158 valence electrons. The summed E-state index contributed by atoms with van der Waals surface area (Å²) >= 11 is 0. The second-order valence-electron chi connectivity index (χ2n) is 4.33. The van der Waals surface area contributed by atoms with Gasteiger partial charge in [0.05, 0.1) is 4.59 Å². The molecule has 0 saturated heterocycles. The maximum atomic E-state index is 13.1. The van der Waals surface area contributed by atoms with Gasteiger partial charge in [-0.2, -0.15) is 61.5 Å². The molecule has 0 rings (SSSR count). The van der Waals surface area contributed by atoms with Gasteiger partial charge in [-0.15, -0.1) is 8.78 Å². The van der Waals surface area contributed by atoms with Crippen LogP contribution in [0.3, 0.4) is 0 Å². The van der Waals surface area contributed by atoms with Crippen LogP contribution in [0.25, 0.3) is 0 Å². The molecule has 0 aromatic carbocycles. The Bertz CT molecular complexity index is 502. The molecule has 0 saturated carbocycles. The van der Waals surface area contributed by atoms with Gasteiger partial charge in [-0.05, 0) is 0 Å². The first kappa shape index (κ1) is 24.9. The molecular weight excluding hydrogens is 456 g/mol. The first-order chi connectivity index (χ1) is 10.8. The third-order valence-electron chi connectivity index (χ3n) is 2.75. The summed E-state index contributed by atoms with van der Waals surface area (Å²) in [5, 5.41) is 0. The maximum absolute atomic E-state index is 13.1. The number of quaternary nitrogens is 1. The predicted octanol–water partition coefficient (Wildman–Crippen LogP) is 5.61. The van der Waals surface area contributed by atoms with Crippen molar-refractivity contribution in [3.8, 4) is 0 Å². The van der Waals surface area contributed by atoms with Gasteiger partial charge in [0, 0.05) is 8.96 Å². The zero-order valence-electron chi connectivity index (χ0n) is 10.8. The molecule has 0 atom stereocenters. The van der Waals surface area contributed by atoms with Gasteiger partial charge in [0.25, 0.3) is 0 Å².